The monoisotopic (exact) mass is 517 g/mol. The van der Waals surface area contributed by atoms with Gasteiger partial charge in [-0.05, 0) is 35.4 Å². The second kappa shape index (κ2) is 12.7. The van der Waals surface area contributed by atoms with Crippen molar-refractivity contribution >= 4 is 17.8 Å². The van der Waals surface area contributed by atoms with Crippen LogP contribution in [0.3, 0.4) is 0 Å². The largest absolute Gasteiger partial charge is 0.467 e. The molecule has 0 aromatic heterocycles. The third-order valence-corrected chi connectivity index (χ3v) is 5.43. The molecule has 0 aliphatic rings. The van der Waals surface area contributed by atoms with Crippen LogP contribution in [0.25, 0.3) is 0 Å². The Bertz CT molecular complexity index is 927. The lowest BCUT2D eigenvalue weighted by molar-refractivity contribution is -0.486. The molecule has 2 amide bonds. The average Bonchev–Trinajstić information content (AvgIpc) is 2.73. The molecule has 2 N–H and O–H groups in total. The third-order valence-electron chi connectivity index (χ3n) is 5.43. The summed E-state index contributed by atoms with van der Waals surface area (Å²) in [4.78, 5) is 48.9. The van der Waals surface area contributed by atoms with E-state index in [1.807, 2.05) is 13.8 Å². The Morgan fingerprint density at radius 3 is 2.00 bits per heavy atom. The van der Waals surface area contributed by atoms with Crippen molar-refractivity contribution in [2.75, 3.05) is 13.7 Å². The molecule has 0 aliphatic heterocycles. The van der Waals surface area contributed by atoms with E-state index in [2.05, 4.69) is 10.6 Å². The zero-order valence-corrected chi connectivity index (χ0v) is 21.3. The third kappa shape index (κ3) is 9.82. The molecule has 202 valence electrons. The number of hydrogen-bond acceptors (Lipinski definition) is 6. The van der Waals surface area contributed by atoms with Crippen LogP contribution in [0.1, 0.15) is 52.2 Å². The fraction of sp³-hybridized carbons (Fsp3) is 0.625. The lowest BCUT2D eigenvalue weighted by Gasteiger charge is -2.32. The zero-order chi connectivity index (χ0) is 27.8. The zero-order valence-electron chi connectivity index (χ0n) is 21.3. The van der Waals surface area contributed by atoms with Crippen molar-refractivity contribution in [1.29, 1.82) is 0 Å². The van der Waals surface area contributed by atoms with Crippen molar-refractivity contribution in [1.82, 2.24) is 10.6 Å². The van der Waals surface area contributed by atoms with Gasteiger partial charge in [-0.25, -0.2) is 4.79 Å². The van der Waals surface area contributed by atoms with Crippen LogP contribution in [0.5, 0.6) is 0 Å². The number of esters is 1. The number of hydrogen-bond donors (Lipinski definition) is 2. The van der Waals surface area contributed by atoms with Gasteiger partial charge in [-0.2, -0.15) is 13.2 Å². The van der Waals surface area contributed by atoms with Crippen LogP contribution in [-0.2, 0) is 31.7 Å². The molecular formula is C24H34F3N3O6. The van der Waals surface area contributed by atoms with Crippen LogP contribution in [0.4, 0.5) is 13.2 Å². The van der Waals surface area contributed by atoms with Gasteiger partial charge in [0, 0.05) is 11.3 Å². The Morgan fingerprint density at radius 1 is 1.03 bits per heavy atom. The number of carbonyl (C=O) groups excluding carboxylic acids is 3. The standard InChI is InChI=1S/C24H34F3N3O6/c1-14(2)11-16(13-30(34)35)20(31)29-19(23(3,4)5)21(32)28-18(22(33)36-6)12-15-7-9-17(10-8-15)24(25,26)27/h7-10,14,16,18-19H,11-13H2,1-6H3,(H,28,32)(H,29,31)/t16-,18-,19-/m1/s1. The van der Waals surface area contributed by atoms with E-state index in [4.69, 9.17) is 4.74 Å². The molecule has 36 heavy (non-hydrogen) atoms. The van der Waals surface area contributed by atoms with Crippen molar-refractivity contribution in [2.45, 2.75) is 65.7 Å². The van der Waals surface area contributed by atoms with Gasteiger partial charge in [0.25, 0.3) is 0 Å². The van der Waals surface area contributed by atoms with E-state index in [-0.39, 0.29) is 18.8 Å². The highest BCUT2D eigenvalue weighted by Gasteiger charge is 2.38. The maximum atomic E-state index is 13.2. The molecule has 1 rings (SSSR count). The van der Waals surface area contributed by atoms with E-state index < -0.39 is 64.4 Å². The summed E-state index contributed by atoms with van der Waals surface area (Å²) < 4.78 is 43.2. The molecule has 0 saturated heterocycles. The van der Waals surface area contributed by atoms with E-state index in [1.165, 1.54) is 12.1 Å². The van der Waals surface area contributed by atoms with Crippen molar-refractivity contribution in [3.8, 4) is 0 Å². The highest BCUT2D eigenvalue weighted by atomic mass is 19.4. The molecule has 0 saturated carbocycles. The van der Waals surface area contributed by atoms with E-state index in [0.717, 1.165) is 19.2 Å². The first-order valence-corrected chi connectivity index (χ1v) is 11.4. The second-order valence-corrected chi connectivity index (χ2v) is 10.1. The molecule has 3 atom stereocenters. The van der Waals surface area contributed by atoms with Crippen molar-refractivity contribution in [3.05, 3.63) is 45.5 Å². The Morgan fingerprint density at radius 2 is 1.58 bits per heavy atom. The smallest absolute Gasteiger partial charge is 0.416 e. The molecule has 0 unspecified atom stereocenters. The average molecular weight is 518 g/mol. The summed E-state index contributed by atoms with van der Waals surface area (Å²) in [5, 5.41) is 16.1. The van der Waals surface area contributed by atoms with Crippen LogP contribution in [-0.4, -0.2) is 48.4 Å². The molecule has 0 heterocycles. The minimum absolute atomic E-state index is 0.00458. The molecule has 12 heteroatoms. The van der Waals surface area contributed by atoms with E-state index in [9.17, 15) is 37.7 Å². The molecule has 0 aliphatic carbocycles. The topological polar surface area (TPSA) is 128 Å². The summed E-state index contributed by atoms with van der Waals surface area (Å²) in [5.41, 5.74) is -1.35. The fourth-order valence-corrected chi connectivity index (χ4v) is 3.61. The summed E-state index contributed by atoms with van der Waals surface area (Å²) in [6, 6.07) is 1.73. The van der Waals surface area contributed by atoms with Gasteiger partial charge in [-0.3, -0.25) is 19.7 Å². The summed E-state index contributed by atoms with van der Waals surface area (Å²) in [5.74, 6) is -3.18. The Balaban J connectivity index is 3.12. The van der Waals surface area contributed by atoms with Crippen molar-refractivity contribution in [3.63, 3.8) is 0 Å². The summed E-state index contributed by atoms with van der Waals surface area (Å²) >= 11 is 0. The number of methoxy groups -OCH3 is 1. The molecule has 0 spiro atoms. The van der Waals surface area contributed by atoms with Crippen molar-refractivity contribution < 1.29 is 37.2 Å². The van der Waals surface area contributed by atoms with E-state index in [1.54, 1.807) is 20.8 Å². The number of alkyl halides is 3. The maximum absolute atomic E-state index is 13.2. The Kier molecular flexibility index (Phi) is 10.9. The number of nitrogens with one attached hydrogen (secondary N) is 2. The number of rotatable bonds is 11. The number of nitrogens with zero attached hydrogens (tertiary/aromatic N) is 1. The summed E-state index contributed by atoms with van der Waals surface area (Å²) in [7, 11) is 1.10. The number of carbonyl (C=O) groups is 3. The normalized spacial score (nSPS) is 14.5. The van der Waals surface area contributed by atoms with Gasteiger partial charge < -0.3 is 15.4 Å². The van der Waals surface area contributed by atoms with Crippen LogP contribution in [0.15, 0.2) is 24.3 Å². The van der Waals surface area contributed by atoms with Crippen molar-refractivity contribution in [2.24, 2.45) is 17.3 Å². The van der Waals surface area contributed by atoms with Crippen LogP contribution in [0, 0.1) is 27.4 Å². The fourth-order valence-electron chi connectivity index (χ4n) is 3.61. The lowest BCUT2D eigenvalue weighted by atomic mass is 9.85. The number of amides is 2. The first kappa shape index (κ1) is 30.9. The summed E-state index contributed by atoms with van der Waals surface area (Å²) in [6.07, 6.45) is -4.43. The first-order valence-electron chi connectivity index (χ1n) is 11.4. The minimum atomic E-state index is -4.52. The van der Waals surface area contributed by atoms with Gasteiger partial charge in [0.05, 0.1) is 12.7 Å². The maximum Gasteiger partial charge on any atom is 0.416 e. The van der Waals surface area contributed by atoms with Gasteiger partial charge in [-0.1, -0.05) is 46.8 Å². The van der Waals surface area contributed by atoms with Gasteiger partial charge in [-0.15, -0.1) is 0 Å². The Hall–Kier alpha value is -3.18. The minimum Gasteiger partial charge on any atom is -0.467 e. The van der Waals surface area contributed by atoms with Gasteiger partial charge in [0.15, 0.2) is 0 Å². The van der Waals surface area contributed by atoms with E-state index in [0.29, 0.717) is 5.56 Å². The van der Waals surface area contributed by atoms with Gasteiger partial charge in [0.2, 0.25) is 18.4 Å². The molecule has 1 aromatic rings. The molecule has 1 aromatic carbocycles. The number of nitro groups is 1. The summed E-state index contributed by atoms with van der Waals surface area (Å²) in [6.45, 7) is 8.05. The number of ether oxygens (including phenoxy) is 1. The van der Waals surface area contributed by atoms with Crippen LogP contribution < -0.4 is 10.6 Å². The molecule has 9 nitrogen and oxygen atoms in total. The highest BCUT2D eigenvalue weighted by Crippen LogP contribution is 2.29. The van der Waals surface area contributed by atoms with Crippen LogP contribution >= 0.6 is 0 Å². The van der Waals surface area contributed by atoms with E-state index >= 15 is 0 Å². The van der Waals surface area contributed by atoms with Gasteiger partial charge >= 0.3 is 12.1 Å². The lowest BCUT2D eigenvalue weighted by Crippen LogP contribution is -2.58. The molecular weight excluding hydrogens is 483 g/mol. The number of halogens is 3. The number of benzene rings is 1. The second-order valence-electron chi connectivity index (χ2n) is 10.1. The first-order chi connectivity index (χ1) is 16.4. The predicted octanol–water partition coefficient (Wildman–Crippen LogP) is 3.38. The molecule has 0 bridgehead atoms. The Labute approximate surface area is 208 Å². The highest BCUT2D eigenvalue weighted by molar-refractivity contribution is 5.92. The molecule has 0 fully saturated rings. The van der Waals surface area contributed by atoms with Gasteiger partial charge in [0.1, 0.15) is 18.0 Å². The molecule has 0 radical (unpaired) electrons. The SMILES string of the molecule is COC(=O)[C@@H](Cc1ccc(C(F)(F)F)cc1)NC(=O)[C@@H](NC(=O)[C@H](CC(C)C)C[N+](=O)[O-])C(C)(C)C. The predicted molar refractivity (Wildman–Crippen MR) is 125 cm³/mol. The van der Waals surface area contributed by atoms with Crippen LogP contribution in [0.2, 0.25) is 0 Å². The quantitative estimate of drug-likeness (QED) is 0.263.